The molecule has 1 aliphatic rings. The van der Waals surface area contributed by atoms with E-state index in [9.17, 15) is 4.79 Å². The molecule has 17 heavy (non-hydrogen) atoms. The normalized spacial score (nSPS) is 14.1. The molecule has 1 aliphatic heterocycles. The summed E-state index contributed by atoms with van der Waals surface area (Å²) in [5.41, 5.74) is 5.69. The van der Waals surface area contributed by atoms with Crippen LogP contribution in [0.1, 0.15) is 12.5 Å². The van der Waals surface area contributed by atoms with E-state index >= 15 is 0 Å². The highest BCUT2D eigenvalue weighted by molar-refractivity contribution is 6.05. The maximum Gasteiger partial charge on any atom is 0.220 e. The first kappa shape index (κ1) is 11.2. The summed E-state index contributed by atoms with van der Waals surface area (Å²) in [4.78, 5) is 11.6. The summed E-state index contributed by atoms with van der Waals surface area (Å²) in [5, 5.41) is 0. The zero-order valence-corrected chi connectivity index (χ0v) is 9.57. The standard InChI is InChI=1S/C15H12O2/c1-3-14(16)15-11(2)13(9-10-17-15)12-7-5-4-6-8-12/h3-8,10H,1H2,2H3. The van der Waals surface area contributed by atoms with Crippen molar-refractivity contribution in [3.63, 3.8) is 0 Å². The number of rotatable bonds is 3. The molecule has 2 heteroatoms. The Morgan fingerprint density at radius 3 is 2.71 bits per heavy atom. The lowest BCUT2D eigenvalue weighted by molar-refractivity contribution is -0.113. The van der Waals surface area contributed by atoms with E-state index in [-0.39, 0.29) is 5.78 Å². The monoisotopic (exact) mass is 224 g/mol. The summed E-state index contributed by atoms with van der Waals surface area (Å²) >= 11 is 0. The fraction of sp³-hybridized carbons (Fsp3) is 0.0667. The van der Waals surface area contributed by atoms with Crippen molar-refractivity contribution in [2.45, 2.75) is 6.92 Å². The number of hydrogen-bond acceptors (Lipinski definition) is 2. The second-order valence-electron chi connectivity index (χ2n) is 3.64. The molecule has 0 fully saturated rings. The van der Waals surface area contributed by atoms with Crippen LogP contribution in [0.15, 0.2) is 66.3 Å². The zero-order chi connectivity index (χ0) is 12.3. The van der Waals surface area contributed by atoms with Gasteiger partial charge in [0.25, 0.3) is 0 Å². The second kappa shape index (κ2) is 4.69. The Labute approximate surface area is 100 Å². The van der Waals surface area contributed by atoms with Gasteiger partial charge in [-0.15, -0.1) is 0 Å². The molecule has 0 bridgehead atoms. The average molecular weight is 224 g/mol. The van der Waals surface area contributed by atoms with Crippen molar-refractivity contribution in [3.8, 4) is 0 Å². The molecule has 0 aromatic heterocycles. The van der Waals surface area contributed by atoms with Gasteiger partial charge in [-0.1, -0.05) is 42.6 Å². The van der Waals surface area contributed by atoms with Crippen molar-refractivity contribution in [2.24, 2.45) is 0 Å². The number of ketones is 1. The Morgan fingerprint density at radius 2 is 2.06 bits per heavy atom. The average Bonchev–Trinajstić information content (AvgIpc) is 2.39. The van der Waals surface area contributed by atoms with Crippen molar-refractivity contribution in [2.75, 3.05) is 0 Å². The minimum Gasteiger partial charge on any atom is -0.452 e. The van der Waals surface area contributed by atoms with Gasteiger partial charge in [-0.3, -0.25) is 4.79 Å². The minimum absolute atomic E-state index is 0.214. The minimum atomic E-state index is -0.214. The maximum atomic E-state index is 11.6. The molecule has 0 saturated heterocycles. The van der Waals surface area contributed by atoms with E-state index in [1.165, 1.54) is 12.3 Å². The van der Waals surface area contributed by atoms with Crippen molar-refractivity contribution >= 4 is 11.4 Å². The third-order valence-electron chi connectivity index (χ3n) is 2.57. The summed E-state index contributed by atoms with van der Waals surface area (Å²) < 4.78 is 5.20. The number of allylic oxidation sites excluding steroid dienone is 3. The predicted molar refractivity (Wildman–Crippen MR) is 66.9 cm³/mol. The van der Waals surface area contributed by atoms with Gasteiger partial charge >= 0.3 is 0 Å². The molecule has 2 rings (SSSR count). The molecule has 0 radical (unpaired) electrons. The quantitative estimate of drug-likeness (QED) is 0.582. The molecule has 0 aliphatic carbocycles. The molecule has 1 aromatic rings. The largest absolute Gasteiger partial charge is 0.452 e. The Kier molecular flexibility index (Phi) is 3.08. The van der Waals surface area contributed by atoms with Gasteiger partial charge in [-0.25, -0.2) is 0 Å². The van der Waals surface area contributed by atoms with Crippen LogP contribution in [0.5, 0.6) is 0 Å². The van der Waals surface area contributed by atoms with Crippen LogP contribution in [-0.2, 0) is 9.53 Å². The Balaban J connectivity index is 2.50. The number of benzene rings is 1. The number of carbonyl (C=O) groups excluding carboxylic acids is 1. The van der Waals surface area contributed by atoms with Gasteiger partial charge in [0.05, 0.1) is 0 Å². The van der Waals surface area contributed by atoms with E-state index in [1.807, 2.05) is 37.3 Å². The molecule has 84 valence electrons. The first-order valence-electron chi connectivity index (χ1n) is 5.29. The summed E-state index contributed by atoms with van der Waals surface area (Å²) in [6.45, 7) is 5.31. The van der Waals surface area contributed by atoms with E-state index in [0.29, 0.717) is 5.76 Å². The highest BCUT2D eigenvalue weighted by Gasteiger charge is 2.17. The predicted octanol–water partition coefficient (Wildman–Crippen LogP) is 3.24. The van der Waals surface area contributed by atoms with Gasteiger partial charge in [0.1, 0.15) is 6.26 Å². The van der Waals surface area contributed by atoms with Gasteiger partial charge < -0.3 is 4.74 Å². The summed E-state index contributed by atoms with van der Waals surface area (Å²) in [7, 11) is 0. The summed E-state index contributed by atoms with van der Waals surface area (Å²) in [6.07, 6.45) is 2.66. The van der Waals surface area contributed by atoms with Gasteiger partial charge in [-0.05, 0) is 18.6 Å². The van der Waals surface area contributed by atoms with Crippen LogP contribution < -0.4 is 0 Å². The first-order chi connectivity index (χ1) is 8.24. The van der Waals surface area contributed by atoms with Crippen LogP contribution in [-0.4, -0.2) is 5.78 Å². The van der Waals surface area contributed by atoms with E-state index < -0.39 is 0 Å². The van der Waals surface area contributed by atoms with E-state index in [1.54, 1.807) is 0 Å². The highest BCUT2D eigenvalue weighted by Crippen LogP contribution is 2.27. The maximum absolute atomic E-state index is 11.6. The van der Waals surface area contributed by atoms with E-state index in [0.717, 1.165) is 16.7 Å². The van der Waals surface area contributed by atoms with Gasteiger partial charge in [0.2, 0.25) is 5.78 Å². The third-order valence-corrected chi connectivity index (χ3v) is 2.57. The molecule has 1 heterocycles. The van der Waals surface area contributed by atoms with Crippen molar-refractivity contribution in [1.82, 2.24) is 0 Å². The number of carbonyl (C=O) groups is 1. The smallest absolute Gasteiger partial charge is 0.220 e. The molecule has 2 nitrogen and oxygen atoms in total. The Hall–Kier alpha value is -2.31. The topological polar surface area (TPSA) is 26.3 Å². The van der Waals surface area contributed by atoms with Gasteiger partial charge in [0.15, 0.2) is 5.76 Å². The van der Waals surface area contributed by atoms with Crippen LogP contribution in [0.4, 0.5) is 0 Å². The lowest BCUT2D eigenvalue weighted by Gasteiger charge is -2.13. The van der Waals surface area contributed by atoms with Crippen LogP contribution >= 0.6 is 0 Å². The SMILES string of the molecule is C=CC(=O)C1=C(C)C(c2ccccc2)=C=CO1. The molecule has 1 aromatic carbocycles. The molecular weight excluding hydrogens is 212 g/mol. The van der Waals surface area contributed by atoms with Crippen LogP contribution in [0.2, 0.25) is 0 Å². The van der Waals surface area contributed by atoms with Crippen molar-refractivity contribution < 1.29 is 9.53 Å². The van der Waals surface area contributed by atoms with Crippen LogP contribution in [0.25, 0.3) is 5.57 Å². The molecule has 0 atom stereocenters. The summed E-state index contributed by atoms with van der Waals surface area (Å²) in [5.74, 6) is 0.103. The number of ether oxygens (including phenoxy) is 1. The zero-order valence-electron chi connectivity index (χ0n) is 9.57. The van der Waals surface area contributed by atoms with Gasteiger partial charge in [-0.2, -0.15) is 0 Å². The summed E-state index contributed by atoms with van der Waals surface area (Å²) in [6, 6.07) is 9.79. The van der Waals surface area contributed by atoms with Gasteiger partial charge in [0, 0.05) is 11.1 Å². The molecular formula is C15H12O2. The molecule has 0 unspecified atom stereocenters. The molecule has 0 amide bonds. The van der Waals surface area contributed by atoms with E-state index in [4.69, 9.17) is 4.74 Å². The molecule has 0 N–H and O–H groups in total. The fourth-order valence-electron chi connectivity index (χ4n) is 1.70. The van der Waals surface area contributed by atoms with E-state index in [2.05, 4.69) is 12.3 Å². The highest BCUT2D eigenvalue weighted by atomic mass is 16.5. The molecule has 0 spiro atoms. The lowest BCUT2D eigenvalue weighted by Crippen LogP contribution is -2.06. The number of hydrogen-bond donors (Lipinski definition) is 0. The Morgan fingerprint density at radius 1 is 1.35 bits per heavy atom. The molecule has 0 saturated carbocycles. The van der Waals surface area contributed by atoms with Crippen LogP contribution in [0, 0.1) is 0 Å². The van der Waals surface area contributed by atoms with Crippen LogP contribution in [0.3, 0.4) is 0 Å². The lowest BCUT2D eigenvalue weighted by atomic mass is 9.97. The third kappa shape index (κ3) is 2.12. The Bertz CT molecular complexity index is 556. The van der Waals surface area contributed by atoms with Crippen molar-refractivity contribution in [3.05, 3.63) is 71.9 Å². The van der Waals surface area contributed by atoms with Crippen molar-refractivity contribution in [1.29, 1.82) is 0 Å². The fourth-order valence-corrected chi connectivity index (χ4v) is 1.70. The second-order valence-corrected chi connectivity index (χ2v) is 3.64. The first-order valence-corrected chi connectivity index (χ1v) is 5.29.